The third-order valence-electron chi connectivity index (χ3n) is 7.08. The second-order valence-electron chi connectivity index (χ2n) is 9.33. The number of para-hydroxylation sites is 1. The Morgan fingerprint density at radius 1 is 0.900 bits per heavy atom. The van der Waals surface area contributed by atoms with E-state index in [1.807, 2.05) is 0 Å². The molecule has 5 rings (SSSR count). The van der Waals surface area contributed by atoms with Gasteiger partial charge in [-0.05, 0) is 70.5 Å². The summed E-state index contributed by atoms with van der Waals surface area (Å²) in [5.74, 6) is 0. The average molecular weight is 406 g/mol. The molecule has 0 unspecified atom stereocenters. The maximum atomic E-state index is 5.93. The van der Waals surface area contributed by atoms with Crippen LogP contribution in [0.3, 0.4) is 0 Å². The van der Waals surface area contributed by atoms with Gasteiger partial charge in [-0.15, -0.1) is 0 Å². The Kier molecular flexibility index (Phi) is 5.57. The van der Waals surface area contributed by atoms with Crippen molar-refractivity contribution in [2.45, 2.75) is 65.0 Å². The van der Waals surface area contributed by atoms with E-state index in [0.29, 0.717) is 12.2 Å². The van der Waals surface area contributed by atoms with Crippen LogP contribution in [-0.2, 0) is 17.8 Å². The van der Waals surface area contributed by atoms with Crippen molar-refractivity contribution in [1.29, 1.82) is 0 Å². The van der Waals surface area contributed by atoms with Crippen molar-refractivity contribution >= 4 is 21.8 Å². The second-order valence-corrected chi connectivity index (χ2v) is 9.33. The first-order valence-electron chi connectivity index (χ1n) is 11.7. The first-order chi connectivity index (χ1) is 14.6. The fourth-order valence-electron chi connectivity index (χ4n) is 5.76. The molecule has 4 heteroatoms. The van der Waals surface area contributed by atoms with Gasteiger partial charge >= 0.3 is 0 Å². The van der Waals surface area contributed by atoms with Crippen LogP contribution in [-0.4, -0.2) is 58.8 Å². The molecule has 1 aromatic heterocycles. The van der Waals surface area contributed by atoms with Gasteiger partial charge in [0.25, 0.3) is 0 Å². The zero-order chi connectivity index (χ0) is 20.7. The van der Waals surface area contributed by atoms with Crippen molar-refractivity contribution in [3.63, 3.8) is 0 Å². The molecule has 4 nitrogen and oxygen atoms in total. The van der Waals surface area contributed by atoms with Crippen LogP contribution in [0.15, 0.2) is 42.5 Å². The highest BCUT2D eigenvalue weighted by atomic mass is 16.5. The molecule has 30 heavy (non-hydrogen) atoms. The van der Waals surface area contributed by atoms with E-state index in [9.17, 15) is 0 Å². The molecule has 2 saturated heterocycles. The fraction of sp³-hybridized carbons (Fsp3) is 0.538. The summed E-state index contributed by atoms with van der Waals surface area (Å²) in [6.45, 7) is 13.3. The van der Waals surface area contributed by atoms with Crippen molar-refractivity contribution in [1.82, 2.24) is 14.4 Å². The summed E-state index contributed by atoms with van der Waals surface area (Å²) < 4.78 is 8.36. The minimum absolute atomic E-state index is 0.365. The number of benzene rings is 2. The lowest BCUT2D eigenvalue weighted by molar-refractivity contribution is -0.0865. The quantitative estimate of drug-likeness (QED) is 0.617. The second kappa shape index (κ2) is 8.33. The molecule has 2 fully saturated rings. The molecule has 0 radical (unpaired) electrons. The van der Waals surface area contributed by atoms with E-state index in [0.717, 1.165) is 32.2 Å². The predicted molar refractivity (Wildman–Crippen MR) is 125 cm³/mol. The van der Waals surface area contributed by atoms with Gasteiger partial charge in [0.05, 0.1) is 12.2 Å². The summed E-state index contributed by atoms with van der Waals surface area (Å²) >= 11 is 0. The third kappa shape index (κ3) is 3.77. The molecule has 2 atom stereocenters. The smallest absolute Gasteiger partial charge is 0.0678 e. The Balaban J connectivity index is 1.28. The van der Waals surface area contributed by atoms with Crippen molar-refractivity contribution < 1.29 is 4.74 Å². The number of hydrogen-bond donors (Lipinski definition) is 0. The van der Waals surface area contributed by atoms with Crippen molar-refractivity contribution in [3.05, 3.63) is 48.0 Å². The maximum absolute atomic E-state index is 5.93. The molecule has 0 aliphatic carbocycles. The highest BCUT2D eigenvalue weighted by Crippen LogP contribution is 2.30. The Morgan fingerprint density at radius 3 is 2.33 bits per heavy atom. The Bertz CT molecular complexity index is 1010. The van der Waals surface area contributed by atoms with Crippen molar-refractivity contribution in [2.75, 3.05) is 26.2 Å². The first kappa shape index (κ1) is 20.0. The van der Waals surface area contributed by atoms with Crippen molar-refractivity contribution in [2.24, 2.45) is 0 Å². The van der Waals surface area contributed by atoms with E-state index in [-0.39, 0.29) is 0 Å². The minimum Gasteiger partial charge on any atom is -0.373 e. The number of aromatic nitrogens is 1. The SMILES string of the molecule is CCn1c2ccccc2c2cc(CN3CCC(N4C[C@@H](C)O[C@@H](C)C4)CC3)ccc21. The number of morpholine rings is 1. The van der Waals surface area contributed by atoms with Gasteiger partial charge in [-0.1, -0.05) is 24.3 Å². The van der Waals surface area contributed by atoms with Gasteiger partial charge in [-0.2, -0.15) is 0 Å². The van der Waals surface area contributed by atoms with E-state index in [4.69, 9.17) is 4.74 Å². The topological polar surface area (TPSA) is 20.6 Å². The van der Waals surface area contributed by atoms with Gasteiger partial charge in [0.2, 0.25) is 0 Å². The van der Waals surface area contributed by atoms with Crippen LogP contribution in [0.2, 0.25) is 0 Å². The van der Waals surface area contributed by atoms with Crippen LogP contribution < -0.4 is 0 Å². The average Bonchev–Trinajstić information content (AvgIpc) is 3.07. The molecule has 0 amide bonds. The molecule has 0 spiro atoms. The summed E-state index contributed by atoms with van der Waals surface area (Å²) in [4.78, 5) is 5.33. The largest absolute Gasteiger partial charge is 0.373 e. The summed E-state index contributed by atoms with van der Waals surface area (Å²) in [5, 5.41) is 2.78. The van der Waals surface area contributed by atoms with Gasteiger partial charge in [0, 0.05) is 54.0 Å². The van der Waals surface area contributed by atoms with E-state index in [1.54, 1.807) is 0 Å². The normalized spacial score (nSPS) is 24.8. The molecular formula is C26H35N3O. The molecule has 0 saturated carbocycles. The van der Waals surface area contributed by atoms with Crippen LogP contribution in [0.1, 0.15) is 39.2 Å². The molecule has 160 valence electrons. The van der Waals surface area contributed by atoms with E-state index >= 15 is 0 Å². The van der Waals surface area contributed by atoms with Crippen LogP contribution >= 0.6 is 0 Å². The van der Waals surface area contributed by atoms with Crippen LogP contribution in [0.25, 0.3) is 21.8 Å². The van der Waals surface area contributed by atoms with Crippen LogP contribution in [0.4, 0.5) is 0 Å². The summed E-state index contributed by atoms with van der Waals surface area (Å²) in [5.41, 5.74) is 4.15. The number of likely N-dealkylation sites (tertiary alicyclic amines) is 1. The molecule has 2 aliphatic rings. The minimum atomic E-state index is 0.365. The molecule has 3 heterocycles. The Labute approximate surface area is 180 Å². The Hall–Kier alpha value is -1.88. The van der Waals surface area contributed by atoms with Gasteiger partial charge in [-0.25, -0.2) is 0 Å². The standard InChI is InChI=1S/C26H35N3O/c1-4-29-25-8-6-5-7-23(25)24-15-21(9-10-26(24)29)18-27-13-11-22(12-14-27)28-16-19(2)30-20(3)17-28/h5-10,15,19-20,22H,4,11-14,16-18H2,1-3H3/t19-,20+. The molecule has 0 N–H and O–H groups in total. The maximum Gasteiger partial charge on any atom is 0.0678 e. The lowest BCUT2D eigenvalue weighted by Gasteiger charge is -2.43. The predicted octanol–water partition coefficient (Wildman–Crippen LogP) is 4.89. The van der Waals surface area contributed by atoms with Gasteiger partial charge in [0.15, 0.2) is 0 Å². The van der Waals surface area contributed by atoms with E-state index in [2.05, 4.69) is 77.6 Å². The van der Waals surface area contributed by atoms with Gasteiger partial charge < -0.3 is 9.30 Å². The highest BCUT2D eigenvalue weighted by molar-refractivity contribution is 6.08. The van der Waals surface area contributed by atoms with Crippen molar-refractivity contribution in [3.8, 4) is 0 Å². The summed E-state index contributed by atoms with van der Waals surface area (Å²) in [6, 6.07) is 16.6. The molecule has 2 aromatic carbocycles. The first-order valence-corrected chi connectivity index (χ1v) is 11.7. The van der Waals surface area contributed by atoms with Crippen LogP contribution in [0.5, 0.6) is 0 Å². The van der Waals surface area contributed by atoms with Gasteiger partial charge in [0.1, 0.15) is 0 Å². The number of ether oxygens (including phenoxy) is 1. The van der Waals surface area contributed by atoms with Crippen LogP contribution in [0, 0.1) is 0 Å². The monoisotopic (exact) mass is 405 g/mol. The molecule has 3 aromatic rings. The lowest BCUT2D eigenvalue weighted by atomic mass is 10.0. The summed E-state index contributed by atoms with van der Waals surface area (Å²) in [6.07, 6.45) is 3.28. The zero-order valence-corrected chi connectivity index (χ0v) is 18.7. The highest BCUT2D eigenvalue weighted by Gasteiger charge is 2.30. The molecular weight excluding hydrogens is 370 g/mol. The van der Waals surface area contributed by atoms with E-state index in [1.165, 1.54) is 53.3 Å². The van der Waals surface area contributed by atoms with Gasteiger partial charge in [-0.3, -0.25) is 9.80 Å². The third-order valence-corrected chi connectivity index (χ3v) is 7.08. The number of piperidine rings is 1. The fourth-order valence-corrected chi connectivity index (χ4v) is 5.76. The molecule has 2 aliphatic heterocycles. The summed E-state index contributed by atoms with van der Waals surface area (Å²) in [7, 11) is 0. The number of hydrogen-bond acceptors (Lipinski definition) is 3. The zero-order valence-electron chi connectivity index (χ0n) is 18.7. The van der Waals surface area contributed by atoms with E-state index < -0.39 is 0 Å². The lowest BCUT2D eigenvalue weighted by Crippen LogP contribution is -2.53. The number of fused-ring (bicyclic) bond motifs is 3. The molecule has 0 bridgehead atoms. The number of rotatable bonds is 4. The number of aryl methyl sites for hydroxylation is 1. The number of nitrogens with zero attached hydrogens (tertiary/aromatic N) is 3. The Morgan fingerprint density at radius 2 is 1.60 bits per heavy atom.